The molecule has 3 heterocycles. The standard InChI is InChI=1S/C21H23N5O3/c27-20(7-6-16-12-22-25(14-16)18-4-2-1-3-5-18)24-10-8-19(9-11-24)26-15-17(13-23-26)21(28)29/h1-5,12-15,19H,6-11H2,(H,28,29). The highest BCUT2D eigenvalue weighted by molar-refractivity contribution is 5.86. The minimum atomic E-state index is -0.973. The van der Waals surface area contributed by atoms with Gasteiger partial charge in [0.1, 0.15) is 0 Å². The minimum absolute atomic E-state index is 0.135. The molecule has 0 unspecified atom stereocenters. The van der Waals surface area contributed by atoms with E-state index in [9.17, 15) is 9.59 Å². The number of aromatic nitrogens is 4. The monoisotopic (exact) mass is 393 g/mol. The van der Waals surface area contributed by atoms with Crippen LogP contribution in [0.5, 0.6) is 0 Å². The molecule has 0 aliphatic carbocycles. The Morgan fingerprint density at radius 2 is 1.79 bits per heavy atom. The zero-order valence-corrected chi connectivity index (χ0v) is 16.0. The summed E-state index contributed by atoms with van der Waals surface area (Å²) >= 11 is 0. The van der Waals surface area contributed by atoms with Gasteiger partial charge >= 0.3 is 5.97 Å². The number of carbonyl (C=O) groups excluding carboxylic acids is 1. The molecule has 1 fully saturated rings. The van der Waals surface area contributed by atoms with E-state index in [-0.39, 0.29) is 17.5 Å². The van der Waals surface area contributed by atoms with Crippen molar-refractivity contribution in [1.82, 2.24) is 24.5 Å². The van der Waals surface area contributed by atoms with Crippen LogP contribution in [0.1, 0.15) is 41.2 Å². The van der Waals surface area contributed by atoms with Crippen molar-refractivity contribution in [3.63, 3.8) is 0 Å². The lowest BCUT2D eigenvalue weighted by Gasteiger charge is -2.32. The molecular weight excluding hydrogens is 370 g/mol. The fraction of sp³-hybridized carbons (Fsp3) is 0.333. The summed E-state index contributed by atoms with van der Waals surface area (Å²) in [7, 11) is 0. The molecule has 1 N–H and O–H groups in total. The number of nitrogens with zero attached hydrogens (tertiary/aromatic N) is 5. The van der Waals surface area contributed by atoms with Gasteiger partial charge in [0.05, 0.1) is 29.7 Å². The molecule has 150 valence electrons. The van der Waals surface area contributed by atoms with E-state index >= 15 is 0 Å². The van der Waals surface area contributed by atoms with Crippen molar-refractivity contribution in [3.05, 3.63) is 66.2 Å². The van der Waals surface area contributed by atoms with Crippen LogP contribution in [0.4, 0.5) is 0 Å². The van der Waals surface area contributed by atoms with Crippen molar-refractivity contribution in [1.29, 1.82) is 0 Å². The number of benzene rings is 1. The van der Waals surface area contributed by atoms with Crippen molar-refractivity contribution in [2.24, 2.45) is 0 Å². The predicted octanol–water partition coefficient (Wildman–Crippen LogP) is 2.56. The molecule has 1 aliphatic rings. The predicted molar refractivity (Wildman–Crippen MR) is 106 cm³/mol. The van der Waals surface area contributed by atoms with E-state index in [2.05, 4.69) is 10.2 Å². The second-order valence-corrected chi connectivity index (χ2v) is 7.25. The van der Waals surface area contributed by atoms with Crippen molar-refractivity contribution >= 4 is 11.9 Å². The Bertz CT molecular complexity index is 987. The third-order valence-corrected chi connectivity index (χ3v) is 5.32. The van der Waals surface area contributed by atoms with E-state index in [0.717, 1.165) is 24.1 Å². The van der Waals surface area contributed by atoms with E-state index in [4.69, 9.17) is 5.11 Å². The Hall–Kier alpha value is -3.42. The molecule has 0 spiro atoms. The number of hydrogen-bond donors (Lipinski definition) is 1. The first-order valence-corrected chi connectivity index (χ1v) is 9.74. The molecule has 1 saturated heterocycles. The van der Waals surface area contributed by atoms with Crippen LogP contribution in [0.2, 0.25) is 0 Å². The first kappa shape index (κ1) is 18.9. The van der Waals surface area contributed by atoms with Gasteiger partial charge in [0.15, 0.2) is 0 Å². The molecule has 8 nitrogen and oxygen atoms in total. The van der Waals surface area contributed by atoms with Gasteiger partial charge in [0.25, 0.3) is 0 Å². The highest BCUT2D eigenvalue weighted by Crippen LogP contribution is 2.23. The molecular formula is C21H23N5O3. The molecule has 0 saturated carbocycles. The molecule has 8 heteroatoms. The topological polar surface area (TPSA) is 93.2 Å². The SMILES string of the molecule is O=C(O)c1cnn(C2CCN(C(=O)CCc3cnn(-c4ccccc4)c3)CC2)c1. The second-order valence-electron chi connectivity index (χ2n) is 7.25. The number of aryl methyl sites for hydroxylation is 1. The summed E-state index contributed by atoms with van der Waals surface area (Å²) in [5.74, 6) is -0.831. The van der Waals surface area contributed by atoms with Crippen LogP contribution in [0, 0.1) is 0 Å². The van der Waals surface area contributed by atoms with E-state index in [1.165, 1.54) is 6.20 Å². The number of hydrogen-bond acceptors (Lipinski definition) is 4. The van der Waals surface area contributed by atoms with Gasteiger partial charge in [-0.3, -0.25) is 9.48 Å². The molecule has 1 amide bonds. The summed E-state index contributed by atoms with van der Waals surface area (Å²) in [6.07, 6.45) is 9.38. The van der Waals surface area contributed by atoms with Gasteiger partial charge < -0.3 is 10.0 Å². The zero-order chi connectivity index (χ0) is 20.2. The van der Waals surface area contributed by atoms with Gasteiger partial charge in [-0.2, -0.15) is 10.2 Å². The Kier molecular flexibility index (Phi) is 5.41. The van der Waals surface area contributed by atoms with Gasteiger partial charge in [-0.25, -0.2) is 9.48 Å². The fourth-order valence-corrected chi connectivity index (χ4v) is 3.65. The molecule has 1 aromatic carbocycles. The Labute approximate surface area is 168 Å². The third kappa shape index (κ3) is 4.37. The molecule has 2 aromatic heterocycles. The largest absolute Gasteiger partial charge is 0.478 e. The van der Waals surface area contributed by atoms with E-state index in [1.54, 1.807) is 10.9 Å². The third-order valence-electron chi connectivity index (χ3n) is 5.32. The average Bonchev–Trinajstić information content (AvgIpc) is 3.43. The molecule has 0 radical (unpaired) electrons. The molecule has 4 rings (SSSR count). The minimum Gasteiger partial charge on any atom is -0.478 e. The summed E-state index contributed by atoms with van der Waals surface area (Å²) < 4.78 is 3.53. The molecule has 1 aliphatic heterocycles. The summed E-state index contributed by atoms with van der Waals surface area (Å²) in [6, 6.07) is 10.0. The second kappa shape index (κ2) is 8.30. The van der Waals surface area contributed by atoms with Crippen molar-refractivity contribution in [2.75, 3.05) is 13.1 Å². The number of rotatable bonds is 6. The first-order chi connectivity index (χ1) is 14.1. The number of aromatic carboxylic acids is 1. The van der Waals surface area contributed by atoms with Crippen molar-refractivity contribution in [2.45, 2.75) is 31.7 Å². The van der Waals surface area contributed by atoms with Gasteiger partial charge in [0.2, 0.25) is 5.91 Å². The molecule has 0 bridgehead atoms. The summed E-state index contributed by atoms with van der Waals surface area (Å²) in [4.78, 5) is 25.5. The van der Waals surface area contributed by atoms with Gasteiger partial charge in [-0.15, -0.1) is 0 Å². The zero-order valence-electron chi connectivity index (χ0n) is 16.0. The Balaban J connectivity index is 1.27. The van der Waals surface area contributed by atoms with Crippen LogP contribution < -0.4 is 0 Å². The van der Waals surface area contributed by atoms with Crippen LogP contribution in [-0.2, 0) is 11.2 Å². The first-order valence-electron chi connectivity index (χ1n) is 9.74. The number of piperidine rings is 1. The summed E-state index contributed by atoms with van der Waals surface area (Å²) in [5.41, 5.74) is 2.23. The van der Waals surface area contributed by atoms with Gasteiger partial charge in [0, 0.05) is 31.9 Å². The Morgan fingerprint density at radius 3 is 2.48 bits per heavy atom. The van der Waals surface area contributed by atoms with E-state index in [1.807, 2.05) is 52.3 Å². The van der Waals surface area contributed by atoms with Crippen LogP contribution in [0.3, 0.4) is 0 Å². The average molecular weight is 393 g/mol. The molecule has 29 heavy (non-hydrogen) atoms. The number of carboxylic acid groups (broad SMARTS) is 1. The summed E-state index contributed by atoms with van der Waals surface area (Å²) in [6.45, 7) is 1.32. The number of amides is 1. The van der Waals surface area contributed by atoms with Crippen LogP contribution >= 0.6 is 0 Å². The number of carboxylic acids is 1. The normalized spacial score (nSPS) is 14.8. The van der Waals surface area contributed by atoms with Crippen molar-refractivity contribution in [3.8, 4) is 5.69 Å². The van der Waals surface area contributed by atoms with E-state index < -0.39 is 5.97 Å². The van der Waals surface area contributed by atoms with Crippen molar-refractivity contribution < 1.29 is 14.7 Å². The molecule has 0 atom stereocenters. The smallest absolute Gasteiger partial charge is 0.338 e. The highest BCUT2D eigenvalue weighted by Gasteiger charge is 2.24. The number of para-hydroxylation sites is 1. The summed E-state index contributed by atoms with van der Waals surface area (Å²) in [5, 5.41) is 17.6. The maximum atomic E-state index is 12.6. The highest BCUT2D eigenvalue weighted by atomic mass is 16.4. The van der Waals surface area contributed by atoms with Gasteiger partial charge in [-0.05, 0) is 37.0 Å². The lowest BCUT2D eigenvalue weighted by molar-refractivity contribution is -0.132. The maximum absolute atomic E-state index is 12.6. The van der Waals surface area contributed by atoms with E-state index in [0.29, 0.717) is 25.9 Å². The Morgan fingerprint density at radius 1 is 1.03 bits per heavy atom. The quantitative estimate of drug-likeness (QED) is 0.695. The maximum Gasteiger partial charge on any atom is 0.338 e. The molecule has 3 aromatic rings. The number of likely N-dealkylation sites (tertiary alicyclic amines) is 1. The fourth-order valence-electron chi connectivity index (χ4n) is 3.65. The lowest BCUT2D eigenvalue weighted by Crippen LogP contribution is -2.39. The lowest BCUT2D eigenvalue weighted by atomic mass is 10.0. The van der Waals surface area contributed by atoms with Crippen LogP contribution in [0.15, 0.2) is 55.1 Å². The van der Waals surface area contributed by atoms with Crippen LogP contribution in [-0.4, -0.2) is 54.5 Å². The van der Waals surface area contributed by atoms with Gasteiger partial charge in [-0.1, -0.05) is 18.2 Å². The number of carbonyl (C=O) groups is 2. The van der Waals surface area contributed by atoms with Crippen LogP contribution in [0.25, 0.3) is 5.69 Å².